The molecule has 0 fully saturated rings. The number of hydrogen-bond donors (Lipinski definition) is 3. The fraction of sp³-hybridized carbons (Fsp3) is 0.261. The molecule has 1 atom stereocenters. The predicted octanol–water partition coefficient (Wildman–Crippen LogP) is 4.13. The van der Waals surface area contributed by atoms with Gasteiger partial charge in [0.1, 0.15) is 17.9 Å². The first kappa shape index (κ1) is 20.5. The molecule has 1 unspecified atom stereocenters. The van der Waals surface area contributed by atoms with Gasteiger partial charge in [-0.1, -0.05) is 6.07 Å². The molecule has 3 N–H and O–H groups in total. The Kier molecular flexibility index (Phi) is 5.50. The first-order chi connectivity index (χ1) is 15.7. The van der Waals surface area contributed by atoms with Gasteiger partial charge in [-0.2, -0.15) is 0 Å². The normalized spacial score (nSPS) is 15.4. The van der Waals surface area contributed by atoms with Crippen molar-refractivity contribution in [3.05, 3.63) is 53.4 Å². The molecule has 1 amide bonds. The Bertz CT molecular complexity index is 1280. The first-order valence-electron chi connectivity index (χ1n) is 10.4. The minimum absolute atomic E-state index is 0.0474. The van der Waals surface area contributed by atoms with Gasteiger partial charge in [-0.15, -0.1) is 11.3 Å². The molecule has 4 aromatic rings. The number of nitrogens with zero attached hydrogens (tertiary/aromatic N) is 2. The summed E-state index contributed by atoms with van der Waals surface area (Å²) in [6.07, 6.45) is 4.10. The third-order valence-electron chi connectivity index (χ3n) is 5.41. The highest BCUT2D eigenvalue weighted by Crippen LogP contribution is 2.41. The number of anilines is 2. The van der Waals surface area contributed by atoms with E-state index in [2.05, 4.69) is 25.6 Å². The van der Waals surface area contributed by atoms with Crippen molar-refractivity contribution in [2.24, 2.45) is 0 Å². The van der Waals surface area contributed by atoms with E-state index in [9.17, 15) is 4.79 Å². The zero-order chi connectivity index (χ0) is 22.1. The number of pyridine rings is 1. The summed E-state index contributed by atoms with van der Waals surface area (Å²) in [6, 6.07) is 7.92. The summed E-state index contributed by atoms with van der Waals surface area (Å²) in [4.78, 5) is 25.2. The molecule has 1 aliphatic heterocycles. The highest BCUT2D eigenvalue weighted by atomic mass is 32.1. The van der Waals surface area contributed by atoms with E-state index in [1.165, 1.54) is 0 Å². The van der Waals surface area contributed by atoms with Gasteiger partial charge in [-0.05, 0) is 25.1 Å². The third kappa shape index (κ3) is 3.69. The summed E-state index contributed by atoms with van der Waals surface area (Å²) >= 11 is 1.58. The smallest absolute Gasteiger partial charge is 0.255 e. The van der Waals surface area contributed by atoms with Crippen LogP contribution in [0.2, 0.25) is 0 Å². The van der Waals surface area contributed by atoms with Crippen molar-refractivity contribution in [2.45, 2.75) is 19.4 Å². The number of H-pyrrole nitrogens is 1. The minimum atomic E-state index is -0.106. The maximum Gasteiger partial charge on any atom is 0.255 e. The van der Waals surface area contributed by atoms with E-state index in [0.29, 0.717) is 36.6 Å². The second kappa shape index (κ2) is 8.60. The number of thiazole rings is 1. The molecule has 4 heterocycles. The highest BCUT2D eigenvalue weighted by Gasteiger charge is 2.31. The lowest BCUT2D eigenvalue weighted by Gasteiger charge is -2.20. The topological polar surface area (TPSA) is 101 Å². The number of carbonyl (C=O) groups excluding carboxylic acids is 1. The van der Waals surface area contributed by atoms with Crippen LogP contribution in [0.25, 0.3) is 21.5 Å². The second-order valence-electron chi connectivity index (χ2n) is 7.65. The van der Waals surface area contributed by atoms with Gasteiger partial charge in [0.05, 0.1) is 45.6 Å². The summed E-state index contributed by atoms with van der Waals surface area (Å²) in [7, 11) is 1.63. The molecule has 0 bridgehead atoms. The number of ether oxygens (including phenoxy) is 2. The van der Waals surface area contributed by atoms with Crippen LogP contribution in [0.5, 0.6) is 5.75 Å². The molecule has 9 heteroatoms. The average Bonchev–Trinajstić information content (AvgIpc) is 3.40. The Labute approximate surface area is 189 Å². The van der Waals surface area contributed by atoms with E-state index in [4.69, 9.17) is 9.47 Å². The van der Waals surface area contributed by atoms with Crippen molar-refractivity contribution in [1.82, 2.24) is 20.3 Å². The van der Waals surface area contributed by atoms with Crippen LogP contribution in [-0.2, 0) is 11.2 Å². The maximum atomic E-state index is 13.0. The molecule has 1 aromatic carbocycles. The third-order valence-corrected chi connectivity index (χ3v) is 6.21. The Morgan fingerprint density at radius 1 is 1.28 bits per heavy atom. The number of carbonyl (C=O) groups is 1. The number of aromatic nitrogens is 3. The van der Waals surface area contributed by atoms with Crippen molar-refractivity contribution in [2.75, 3.05) is 25.6 Å². The Balaban J connectivity index is 1.65. The second-order valence-corrected chi connectivity index (χ2v) is 8.54. The number of benzene rings is 1. The number of rotatable bonds is 7. The van der Waals surface area contributed by atoms with Gasteiger partial charge in [-0.3, -0.25) is 9.78 Å². The van der Waals surface area contributed by atoms with Crippen molar-refractivity contribution in [3.63, 3.8) is 0 Å². The lowest BCUT2D eigenvalue weighted by Crippen LogP contribution is -2.39. The number of methoxy groups -OCH3 is 1. The quantitative estimate of drug-likeness (QED) is 0.367. The SMILES string of the molecule is COCCOc1cnccc1-c1[nH]c2c(c1Nc1cccc3scnc13)C(=O)NC(C)C2. The van der Waals surface area contributed by atoms with E-state index in [1.54, 1.807) is 30.8 Å². The molecule has 0 spiro atoms. The molecule has 8 nitrogen and oxygen atoms in total. The van der Waals surface area contributed by atoms with Crippen LogP contribution in [0.4, 0.5) is 11.4 Å². The molecule has 164 valence electrons. The Morgan fingerprint density at radius 2 is 2.19 bits per heavy atom. The molecular formula is C23H23N5O3S. The standard InChI is InChI=1S/C23H23N5O3S/c1-13-10-16-19(23(29)26-13)22(27-15-4-3-5-18-21(15)25-12-32-18)20(28-16)14-6-7-24-11-17(14)31-9-8-30-2/h3-7,11-13,27-28H,8-10H2,1-2H3,(H,26,29). The van der Waals surface area contributed by atoms with Crippen LogP contribution in [0.3, 0.4) is 0 Å². The zero-order valence-corrected chi connectivity index (χ0v) is 18.6. The summed E-state index contributed by atoms with van der Waals surface area (Å²) in [5.74, 6) is 0.511. The first-order valence-corrected chi connectivity index (χ1v) is 11.2. The van der Waals surface area contributed by atoms with E-state index < -0.39 is 0 Å². The number of amides is 1. The van der Waals surface area contributed by atoms with Crippen LogP contribution in [0.1, 0.15) is 23.0 Å². The summed E-state index contributed by atoms with van der Waals surface area (Å²) in [6.45, 7) is 2.86. The van der Waals surface area contributed by atoms with E-state index in [1.807, 2.05) is 36.7 Å². The van der Waals surface area contributed by atoms with Crippen LogP contribution in [0, 0.1) is 0 Å². The molecule has 3 aromatic heterocycles. The van der Waals surface area contributed by atoms with E-state index in [-0.39, 0.29) is 11.9 Å². The van der Waals surface area contributed by atoms with Gasteiger partial charge in [0.2, 0.25) is 0 Å². The van der Waals surface area contributed by atoms with Gasteiger partial charge >= 0.3 is 0 Å². The summed E-state index contributed by atoms with van der Waals surface area (Å²) in [5.41, 5.74) is 7.34. The molecule has 5 rings (SSSR count). The molecule has 0 saturated carbocycles. The number of para-hydroxylation sites is 1. The number of hydrogen-bond acceptors (Lipinski definition) is 7. The predicted molar refractivity (Wildman–Crippen MR) is 125 cm³/mol. The lowest BCUT2D eigenvalue weighted by atomic mass is 10.0. The number of fused-ring (bicyclic) bond motifs is 2. The molecule has 0 aliphatic carbocycles. The van der Waals surface area contributed by atoms with Crippen molar-refractivity contribution < 1.29 is 14.3 Å². The summed E-state index contributed by atoms with van der Waals surface area (Å²) < 4.78 is 12.1. The van der Waals surface area contributed by atoms with E-state index in [0.717, 1.165) is 32.9 Å². The fourth-order valence-corrected chi connectivity index (χ4v) is 4.70. The van der Waals surface area contributed by atoms with Crippen LogP contribution >= 0.6 is 11.3 Å². The molecule has 0 saturated heterocycles. The minimum Gasteiger partial charge on any atom is -0.489 e. The Hall–Kier alpha value is -3.43. The van der Waals surface area contributed by atoms with Crippen LogP contribution < -0.4 is 15.4 Å². The monoisotopic (exact) mass is 449 g/mol. The van der Waals surface area contributed by atoms with Crippen molar-refractivity contribution in [3.8, 4) is 17.0 Å². The summed E-state index contributed by atoms with van der Waals surface area (Å²) in [5, 5.41) is 6.54. The molecule has 32 heavy (non-hydrogen) atoms. The van der Waals surface area contributed by atoms with Gasteiger partial charge < -0.3 is 25.1 Å². The largest absolute Gasteiger partial charge is 0.489 e. The molecule has 0 radical (unpaired) electrons. The van der Waals surface area contributed by atoms with E-state index >= 15 is 0 Å². The van der Waals surface area contributed by atoms with Gasteiger partial charge in [0.15, 0.2) is 0 Å². The molecule has 1 aliphatic rings. The molecular weight excluding hydrogens is 426 g/mol. The maximum absolute atomic E-state index is 13.0. The highest BCUT2D eigenvalue weighted by molar-refractivity contribution is 7.16. The Morgan fingerprint density at radius 3 is 3.06 bits per heavy atom. The fourth-order valence-electron chi connectivity index (χ4n) is 3.99. The van der Waals surface area contributed by atoms with Gasteiger partial charge in [-0.25, -0.2) is 4.98 Å². The number of nitrogens with one attached hydrogen (secondary N) is 3. The lowest BCUT2D eigenvalue weighted by molar-refractivity contribution is 0.0930. The van der Waals surface area contributed by atoms with Crippen LogP contribution in [-0.4, -0.2) is 47.2 Å². The number of aromatic amines is 1. The van der Waals surface area contributed by atoms with Crippen LogP contribution in [0.15, 0.2) is 42.2 Å². The average molecular weight is 450 g/mol. The van der Waals surface area contributed by atoms with Gasteiger partial charge in [0, 0.05) is 37.0 Å². The van der Waals surface area contributed by atoms with Crippen molar-refractivity contribution >= 4 is 38.8 Å². The van der Waals surface area contributed by atoms with Gasteiger partial charge in [0.25, 0.3) is 5.91 Å². The zero-order valence-electron chi connectivity index (χ0n) is 17.8. The van der Waals surface area contributed by atoms with Crippen molar-refractivity contribution in [1.29, 1.82) is 0 Å².